The van der Waals surface area contributed by atoms with E-state index in [0.29, 0.717) is 13.2 Å². The summed E-state index contributed by atoms with van der Waals surface area (Å²) in [5.74, 6) is -0.706. The molecule has 7 heteroatoms. The highest BCUT2D eigenvalue weighted by Crippen LogP contribution is 2.42. The molecule has 14 heavy (non-hydrogen) atoms. The van der Waals surface area contributed by atoms with Crippen LogP contribution in [0.1, 0.15) is 6.42 Å². The van der Waals surface area contributed by atoms with Crippen LogP contribution in [-0.2, 0) is 23.3 Å². The van der Waals surface area contributed by atoms with Crippen molar-refractivity contribution in [3.05, 3.63) is 0 Å². The summed E-state index contributed by atoms with van der Waals surface area (Å²) in [6, 6.07) is 0. The first-order valence-corrected chi connectivity index (χ1v) is 6.59. The van der Waals surface area contributed by atoms with Crippen LogP contribution < -0.4 is 0 Å². The van der Waals surface area contributed by atoms with E-state index in [1.807, 2.05) is 0 Å². The molecule has 1 spiro atoms. The van der Waals surface area contributed by atoms with Gasteiger partial charge in [0.1, 0.15) is 11.9 Å². The predicted octanol–water partition coefficient (Wildman–Crippen LogP) is -0.113. The summed E-state index contributed by atoms with van der Waals surface area (Å²) in [6.45, 7) is 0.742. The maximum atomic E-state index is 11.0. The molecule has 0 aromatic heterocycles. The predicted molar refractivity (Wildman–Crippen MR) is 47.4 cm³/mol. The van der Waals surface area contributed by atoms with Crippen molar-refractivity contribution >= 4 is 25.7 Å². The Hall–Kier alpha value is -0.330. The van der Waals surface area contributed by atoms with E-state index in [0.717, 1.165) is 0 Å². The lowest BCUT2D eigenvalue weighted by atomic mass is 9.80. The van der Waals surface area contributed by atoms with Gasteiger partial charge in [0, 0.05) is 10.7 Å². The second-order valence-corrected chi connectivity index (χ2v) is 6.54. The number of ether oxygens (including phenoxy) is 2. The Morgan fingerprint density at radius 2 is 2.14 bits per heavy atom. The average Bonchev–Trinajstić information content (AvgIpc) is 2.21. The first kappa shape index (κ1) is 10.2. The van der Waals surface area contributed by atoms with Crippen LogP contribution in [0, 0.1) is 5.41 Å². The molecule has 1 atom stereocenters. The molecule has 5 nitrogen and oxygen atoms in total. The number of cyclic esters (lactones) is 1. The minimum absolute atomic E-state index is 0.226. The van der Waals surface area contributed by atoms with Gasteiger partial charge in [-0.2, -0.15) is 0 Å². The highest BCUT2D eigenvalue weighted by molar-refractivity contribution is 8.13. The van der Waals surface area contributed by atoms with Crippen molar-refractivity contribution in [1.29, 1.82) is 0 Å². The van der Waals surface area contributed by atoms with Crippen molar-refractivity contribution < 1.29 is 22.7 Å². The number of hydrogen-bond acceptors (Lipinski definition) is 5. The van der Waals surface area contributed by atoms with Gasteiger partial charge >= 0.3 is 5.97 Å². The minimum atomic E-state index is -3.64. The Labute approximate surface area is 85.7 Å². The number of esters is 1. The molecule has 0 aliphatic carbocycles. The highest BCUT2D eigenvalue weighted by Gasteiger charge is 2.55. The second kappa shape index (κ2) is 3.08. The van der Waals surface area contributed by atoms with Gasteiger partial charge in [-0.3, -0.25) is 4.79 Å². The summed E-state index contributed by atoms with van der Waals surface area (Å²) in [4.78, 5) is 11.0. The molecule has 2 rings (SSSR count). The molecule has 0 amide bonds. The highest BCUT2D eigenvalue weighted by atomic mass is 35.7. The fourth-order valence-electron chi connectivity index (χ4n) is 1.77. The van der Waals surface area contributed by atoms with Crippen LogP contribution in [-0.4, -0.2) is 39.5 Å². The summed E-state index contributed by atoms with van der Waals surface area (Å²) >= 11 is 0. The number of hydrogen-bond donors (Lipinski definition) is 0. The van der Waals surface area contributed by atoms with Crippen molar-refractivity contribution in [1.82, 2.24) is 0 Å². The normalized spacial score (nSPS) is 30.1. The molecule has 0 saturated carbocycles. The van der Waals surface area contributed by atoms with E-state index in [2.05, 4.69) is 0 Å². The third-order valence-electron chi connectivity index (χ3n) is 2.58. The summed E-state index contributed by atoms with van der Waals surface area (Å²) in [5.41, 5.74) is -0.445. The van der Waals surface area contributed by atoms with Gasteiger partial charge in [0.25, 0.3) is 0 Å². The molecule has 0 aromatic rings. The minimum Gasteiger partial charge on any atom is -0.460 e. The van der Waals surface area contributed by atoms with Crippen LogP contribution in [0.25, 0.3) is 0 Å². The quantitative estimate of drug-likeness (QED) is 0.498. The SMILES string of the molecule is O=C1CC2(COC2)C(CS(=O)(=O)Cl)O1. The lowest BCUT2D eigenvalue weighted by molar-refractivity contribution is -0.147. The Morgan fingerprint density at radius 3 is 2.57 bits per heavy atom. The maximum absolute atomic E-state index is 11.0. The van der Waals surface area contributed by atoms with E-state index in [1.54, 1.807) is 0 Å². The van der Waals surface area contributed by atoms with E-state index >= 15 is 0 Å². The Bertz CT molecular complexity index is 358. The van der Waals surface area contributed by atoms with Crippen LogP contribution >= 0.6 is 10.7 Å². The van der Waals surface area contributed by atoms with Crippen molar-refractivity contribution in [2.24, 2.45) is 5.41 Å². The maximum Gasteiger partial charge on any atom is 0.307 e. The van der Waals surface area contributed by atoms with Crippen LogP contribution in [0.3, 0.4) is 0 Å². The van der Waals surface area contributed by atoms with Crippen LogP contribution in [0.15, 0.2) is 0 Å². The Kier molecular flexibility index (Phi) is 2.24. The van der Waals surface area contributed by atoms with Crippen LogP contribution in [0.5, 0.6) is 0 Å². The van der Waals surface area contributed by atoms with Gasteiger partial charge in [0.15, 0.2) is 0 Å². The summed E-state index contributed by atoms with van der Waals surface area (Å²) in [6.07, 6.45) is -0.421. The summed E-state index contributed by atoms with van der Waals surface area (Å²) in [5, 5.41) is 0. The van der Waals surface area contributed by atoms with Gasteiger partial charge in [0.05, 0.1) is 25.0 Å². The third kappa shape index (κ3) is 1.74. The number of carbonyl (C=O) groups excluding carboxylic acids is 1. The fraction of sp³-hybridized carbons (Fsp3) is 0.857. The molecule has 2 aliphatic heterocycles. The number of carbonyl (C=O) groups is 1. The van der Waals surface area contributed by atoms with E-state index in [4.69, 9.17) is 20.2 Å². The summed E-state index contributed by atoms with van der Waals surface area (Å²) < 4.78 is 31.6. The first-order chi connectivity index (χ1) is 6.41. The third-order valence-corrected chi connectivity index (χ3v) is 3.66. The van der Waals surface area contributed by atoms with E-state index in [1.165, 1.54) is 0 Å². The molecule has 0 radical (unpaired) electrons. The zero-order chi connectivity index (χ0) is 10.4. The molecule has 0 N–H and O–H groups in total. The molecular weight excluding hydrogens is 232 g/mol. The molecule has 0 aromatic carbocycles. The van der Waals surface area contributed by atoms with Gasteiger partial charge in [-0.25, -0.2) is 8.42 Å². The largest absolute Gasteiger partial charge is 0.460 e. The van der Waals surface area contributed by atoms with Crippen LogP contribution in [0.4, 0.5) is 0 Å². The van der Waals surface area contributed by atoms with Crippen molar-refractivity contribution in [3.8, 4) is 0 Å². The van der Waals surface area contributed by atoms with E-state index < -0.39 is 20.6 Å². The molecule has 1 unspecified atom stereocenters. The molecule has 2 aliphatic rings. The van der Waals surface area contributed by atoms with Gasteiger partial charge in [-0.15, -0.1) is 0 Å². The van der Waals surface area contributed by atoms with Crippen molar-refractivity contribution in [2.75, 3.05) is 19.0 Å². The van der Waals surface area contributed by atoms with E-state index in [-0.39, 0.29) is 18.1 Å². The lowest BCUT2D eigenvalue weighted by Gasteiger charge is -2.39. The second-order valence-electron chi connectivity index (χ2n) is 3.72. The van der Waals surface area contributed by atoms with Gasteiger partial charge < -0.3 is 9.47 Å². The molecule has 80 valence electrons. The molecule has 2 heterocycles. The van der Waals surface area contributed by atoms with Crippen molar-refractivity contribution in [3.63, 3.8) is 0 Å². The standard InChI is InChI=1S/C7H9ClO5S/c8-14(10,11)2-5-7(3-12-4-7)1-6(9)13-5/h5H,1-4H2. The smallest absolute Gasteiger partial charge is 0.307 e. The lowest BCUT2D eigenvalue weighted by Crippen LogP contribution is -2.50. The van der Waals surface area contributed by atoms with Gasteiger partial charge in [-0.1, -0.05) is 0 Å². The van der Waals surface area contributed by atoms with Crippen LogP contribution in [0.2, 0.25) is 0 Å². The average molecular weight is 241 g/mol. The molecule has 2 saturated heterocycles. The van der Waals surface area contributed by atoms with Crippen molar-refractivity contribution in [2.45, 2.75) is 12.5 Å². The fourth-order valence-corrected chi connectivity index (χ4v) is 2.90. The van der Waals surface area contributed by atoms with E-state index in [9.17, 15) is 13.2 Å². The Morgan fingerprint density at radius 1 is 1.50 bits per heavy atom. The topological polar surface area (TPSA) is 69.7 Å². The molecular formula is C7H9ClO5S. The number of halogens is 1. The number of rotatable bonds is 2. The van der Waals surface area contributed by atoms with Gasteiger partial charge in [-0.05, 0) is 0 Å². The molecule has 2 fully saturated rings. The molecule has 0 bridgehead atoms. The monoisotopic (exact) mass is 240 g/mol. The Balaban J connectivity index is 2.14. The first-order valence-electron chi connectivity index (χ1n) is 4.11. The zero-order valence-corrected chi connectivity index (χ0v) is 8.81. The summed E-state index contributed by atoms with van der Waals surface area (Å²) in [7, 11) is 1.47. The van der Waals surface area contributed by atoms with Gasteiger partial charge in [0.2, 0.25) is 9.05 Å². The zero-order valence-electron chi connectivity index (χ0n) is 7.23.